The lowest BCUT2D eigenvalue weighted by Crippen LogP contribution is -2.25. The van der Waals surface area contributed by atoms with E-state index in [1.54, 1.807) is 19.1 Å². The first kappa shape index (κ1) is 18.3. The number of nitrogens with zero attached hydrogens (tertiary/aromatic N) is 2. The minimum atomic E-state index is -0.0776. The van der Waals surface area contributed by atoms with E-state index in [1.807, 2.05) is 51.4 Å². The highest BCUT2D eigenvalue weighted by Crippen LogP contribution is 2.31. The van der Waals surface area contributed by atoms with Crippen LogP contribution < -0.4 is 14.4 Å². The molecule has 24 heavy (non-hydrogen) atoms. The van der Waals surface area contributed by atoms with Crippen molar-refractivity contribution in [1.29, 1.82) is 0 Å². The van der Waals surface area contributed by atoms with Crippen molar-refractivity contribution in [3.63, 3.8) is 0 Å². The molecule has 0 saturated carbocycles. The summed E-state index contributed by atoms with van der Waals surface area (Å²) in [6.45, 7) is 3.45. The van der Waals surface area contributed by atoms with Gasteiger partial charge < -0.3 is 19.3 Å². The molecule has 0 spiro atoms. The third kappa shape index (κ3) is 4.49. The molecular weight excluding hydrogens is 324 g/mol. The minimum absolute atomic E-state index is 0.0776. The highest BCUT2D eigenvalue weighted by Gasteiger charge is 2.20. The second kappa shape index (κ2) is 8.17. The largest absolute Gasteiger partial charge is 0.495 e. The molecule has 0 unspecified atom stereocenters. The summed E-state index contributed by atoms with van der Waals surface area (Å²) < 4.78 is 11.0. The maximum absolute atomic E-state index is 12.7. The Kier molecular flexibility index (Phi) is 6.23. The third-order valence-electron chi connectivity index (χ3n) is 3.57. The lowest BCUT2D eigenvalue weighted by atomic mass is 10.2. The Labute approximate surface area is 147 Å². The van der Waals surface area contributed by atoms with Crippen LogP contribution in [-0.4, -0.2) is 52.2 Å². The van der Waals surface area contributed by atoms with Crippen LogP contribution in [0.5, 0.6) is 11.5 Å². The summed E-state index contributed by atoms with van der Waals surface area (Å²) >= 11 is 1.44. The number of methoxy groups -OCH3 is 1. The SMILES string of the molecule is COc1cc(C)sc1C(=O)N(C)c1ccc(OCCN(C)C)cc1. The van der Waals surface area contributed by atoms with E-state index in [1.165, 1.54) is 11.3 Å². The first-order valence-electron chi connectivity index (χ1n) is 7.72. The van der Waals surface area contributed by atoms with Crippen molar-refractivity contribution < 1.29 is 14.3 Å². The van der Waals surface area contributed by atoms with Crippen molar-refractivity contribution in [2.24, 2.45) is 0 Å². The summed E-state index contributed by atoms with van der Waals surface area (Å²) in [4.78, 5) is 18.0. The van der Waals surface area contributed by atoms with Crippen LogP contribution in [0.3, 0.4) is 0 Å². The zero-order chi connectivity index (χ0) is 17.7. The third-order valence-corrected chi connectivity index (χ3v) is 4.59. The molecule has 2 rings (SSSR count). The van der Waals surface area contributed by atoms with Gasteiger partial charge in [0, 0.05) is 24.2 Å². The van der Waals surface area contributed by atoms with Crippen LogP contribution in [0.1, 0.15) is 14.5 Å². The van der Waals surface area contributed by atoms with Crippen molar-refractivity contribution in [2.45, 2.75) is 6.92 Å². The molecule has 0 bridgehead atoms. The lowest BCUT2D eigenvalue weighted by molar-refractivity contribution is 0.0994. The van der Waals surface area contributed by atoms with Crippen LogP contribution >= 0.6 is 11.3 Å². The second-order valence-electron chi connectivity index (χ2n) is 5.76. The van der Waals surface area contributed by atoms with Gasteiger partial charge in [0.15, 0.2) is 0 Å². The Balaban J connectivity index is 2.06. The number of anilines is 1. The molecule has 1 aromatic carbocycles. The number of aryl methyl sites for hydroxylation is 1. The number of ether oxygens (including phenoxy) is 2. The number of amides is 1. The Morgan fingerprint density at radius 1 is 1.17 bits per heavy atom. The smallest absolute Gasteiger partial charge is 0.271 e. The fraction of sp³-hybridized carbons (Fsp3) is 0.389. The van der Waals surface area contributed by atoms with Crippen molar-refractivity contribution in [1.82, 2.24) is 4.90 Å². The van der Waals surface area contributed by atoms with Crippen LogP contribution in [0, 0.1) is 6.92 Å². The number of likely N-dealkylation sites (N-methyl/N-ethyl adjacent to an activating group) is 1. The van der Waals surface area contributed by atoms with E-state index < -0.39 is 0 Å². The number of benzene rings is 1. The van der Waals surface area contributed by atoms with Crippen molar-refractivity contribution in [2.75, 3.05) is 46.3 Å². The Morgan fingerprint density at radius 3 is 2.42 bits per heavy atom. The summed E-state index contributed by atoms with van der Waals surface area (Å²) in [5, 5.41) is 0. The summed E-state index contributed by atoms with van der Waals surface area (Å²) in [6.07, 6.45) is 0. The normalized spacial score (nSPS) is 10.8. The van der Waals surface area contributed by atoms with Crippen molar-refractivity contribution >= 4 is 22.9 Å². The summed E-state index contributed by atoms with van der Waals surface area (Å²) in [5.74, 6) is 1.34. The van der Waals surface area contributed by atoms with Gasteiger partial charge in [0.2, 0.25) is 0 Å². The van der Waals surface area contributed by atoms with Gasteiger partial charge in [-0.3, -0.25) is 4.79 Å². The van der Waals surface area contributed by atoms with Gasteiger partial charge in [-0.1, -0.05) is 0 Å². The molecule has 1 amide bonds. The van der Waals surface area contributed by atoms with E-state index in [2.05, 4.69) is 4.90 Å². The fourth-order valence-corrected chi connectivity index (χ4v) is 3.13. The first-order chi connectivity index (χ1) is 11.4. The summed E-state index contributed by atoms with van der Waals surface area (Å²) in [7, 11) is 7.36. The van der Waals surface area contributed by atoms with E-state index in [4.69, 9.17) is 9.47 Å². The van der Waals surface area contributed by atoms with Crippen LogP contribution in [-0.2, 0) is 0 Å². The van der Waals surface area contributed by atoms with Gasteiger partial charge in [-0.2, -0.15) is 0 Å². The average molecular weight is 348 g/mol. The molecule has 0 aliphatic carbocycles. The number of carbonyl (C=O) groups excluding carboxylic acids is 1. The molecule has 130 valence electrons. The predicted molar refractivity (Wildman–Crippen MR) is 98.8 cm³/mol. The van der Waals surface area contributed by atoms with Crippen LogP contribution in [0.25, 0.3) is 0 Å². The van der Waals surface area contributed by atoms with Gasteiger partial charge in [-0.25, -0.2) is 0 Å². The first-order valence-corrected chi connectivity index (χ1v) is 8.54. The second-order valence-corrected chi connectivity index (χ2v) is 7.02. The van der Waals surface area contributed by atoms with Gasteiger partial charge in [0.05, 0.1) is 7.11 Å². The minimum Gasteiger partial charge on any atom is -0.495 e. The molecule has 1 heterocycles. The molecule has 2 aromatic rings. The standard InChI is InChI=1S/C18H24N2O3S/c1-13-12-16(22-5)17(24-13)18(21)20(4)14-6-8-15(9-7-14)23-11-10-19(2)3/h6-9,12H,10-11H2,1-5H3. The molecular formula is C18H24N2O3S. The van der Waals surface area contributed by atoms with Gasteiger partial charge in [-0.15, -0.1) is 11.3 Å². The average Bonchev–Trinajstić information content (AvgIpc) is 2.95. The molecule has 0 atom stereocenters. The predicted octanol–water partition coefficient (Wildman–Crippen LogP) is 3.28. The van der Waals surface area contributed by atoms with Gasteiger partial charge in [0.25, 0.3) is 5.91 Å². The van der Waals surface area contributed by atoms with Crippen LogP contribution in [0.2, 0.25) is 0 Å². The van der Waals surface area contributed by atoms with Gasteiger partial charge >= 0.3 is 0 Å². The number of hydrogen-bond acceptors (Lipinski definition) is 5. The Bertz CT molecular complexity index is 680. The topological polar surface area (TPSA) is 42.0 Å². The molecule has 0 radical (unpaired) electrons. The number of hydrogen-bond donors (Lipinski definition) is 0. The van der Waals surface area contributed by atoms with E-state index in [0.29, 0.717) is 17.2 Å². The maximum Gasteiger partial charge on any atom is 0.271 e. The van der Waals surface area contributed by atoms with Crippen LogP contribution in [0.15, 0.2) is 30.3 Å². The molecule has 0 N–H and O–H groups in total. The molecule has 1 aromatic heterocycles. The molecule has 0 aliphatic rings. The Morgan fingerprint density at radius 2 is 1.83 bits per heavy atom. The highest BCUT2D eigenvalue weighted by atomic mass is 32.1. The molecule has 0 saturated heterocycles. The maximum atomic E-state index is 12.7. The van der Waals surface area contributed by atoms with Gasteiger partial charge in [0.1, 0.15) is 23.0 Å². The van der Waals surface area contributed by atoms with Crippen molar-refractivity contribution in [3.05, 3.63) is 40.1 Å². The molecule has 0 aliphatic heterocycles. The summed E-state index contributed by atoms with van der Waals surface area (Å²) in [6, 6.07) is 9.41. The van der Waals surface area contributed by atoms with E-state index in [-0.39, 0.29) is 5.91 Å². The number of thiophene rings is 1. The van der Waals surface area contributed by atoms with Crippen molar-refractivity contribution in [3.8, 4) is 11.5 Å². The number of rotatable bonds is 7. The molecule has 6 heteroatoms. The number of carbonyl (C=O) groups is 1. The lowest BCUT2D eigenvalue weighted by Gasteiger charge is -2.18. The zero-order valence-electron chi connectivity index (χ0n) is 14.8. The fourth-order valence-electron chi connectivity index (χ4n) is 2.17. The van der Waals surface area contributed by atoms with E-state index in [0.717, 1.165) is 22.9 Å². The van der Waals surface area contributed by atoms with E-state index >= 15 is 0 Å². The Hall–Kier alpha value is -2.05. The zero-order valence-corrected chi connectivity index (χ0v) is 15.6. The molecule has 0 fully saturated rings. The van der Waals surface area contributed by atoms with Gasteiger partial charge in [-0.05, 0) is 51.4 Å². The van der Waals surface area contributed by atoms with E-state index in [9.17, 15) is 4.79 Å². The monoisotopic (exact) mass is 348 g/mol. The summed E-state index contributed by atoms with van der Waals surface area (Å²) in [5.41, 5.74) is 0.813. The molecule has 5 nitrogen and oxygen atoms in total. The quantitative estimate of drug-likeness (QED) is 0.770. The van der Waals surface area contributed by atoms with Crippen LogP contribution in [0.4, 0.5) is 5.69 Å². The highest BCUT2D eigenvalue weighted by molar-refractivity contribution is 7.14.